The van der Waals surface area contributed by atoms with Gasteiger partial charge in [0.05, 0.1) is 12.3 Å². The number of carbonyl (C=O) groups excluding carboxylic acids is 1. The molecule has 0 saturated heterocycles. The fourth-order valence-corrected chi connectivity index (χ4v) is 2.81. The lowest BCUT2D eigenvalue weighted by Gasteiger charge is -2.14. The van der Waals surface area contributed by atoms with Crippen molar-refractivity contribution in [3.63, 3.8) is 0 Å². The number of benzene rings is 1. The van der Waals surface area contributed by atoms with Gasteiger partial charge in [0.25, 0.3) is 0 Å². The summed E-state index contributed by atoms with van der Waals surface area (Å²) in [7, 11) is 0. The van der Waals surface area contributed by atoms with Crippen LogP contribution in [0, 0.1) is 0 Å². The first-order valence-corrected chi connectivity index (χ1v) is 7.95. The minimum Gasteiger partial charge on any atom is -0.461 e. The molecule has 3 nitrogen and oxygen atoms in total. The van der Waals surface area contributed by atoms with Crippen LogP contribution in [0.1, 0.15) is 17.4 Å². The second-order valence-corrected chi connectivity index (χ2v) is 6.24. The molecular weight excluding hydrogens is 370 g/mol. The highest BCUT2D eigenvalue weighted by Crippen LogP contribution is 2.44. The summed E-state index contributed by atoms with van der Waals surface area (Å²) in [4.78, 5) is 14.2. The van der Waals surface area contributed by atoms with Gasteiger partial charge in [-0.2, -0.15) is 8.78 Å². The van der Waals surface area contributed by atoms with Crippen LogP contribution in [0.5, 0.6) is 0 Å². The van der Waals surface area contributed by atoms with Crippen molar-refractivity contribution in [1.82, 2.24) is 4.98 Å². The van der Waals surface area contributed by atoms with Gasteiger partial charge >= 0.3 is 17.6 Å². The number of rotatable bonds is 6. The lowest BCUT2D eigenvalue weighted by atomic mass is 10.2. The number of hydrogen-bond donors (Lipinski definition) is 1. The Morgan fingerprint density at radius 2 is 1.96 bits per heavy atom. The van der Waals surface area contributed by atoms with Gasteiger partial charge in [-0.1, -0.05) is 23.7 Å². The number of ether oxygens (including phenoxy) is 1. The molecule has 1 N–H and O–H groups in total. The van der Waals surface area contributed by atoms with E-state index in [1.165, 1.54) is 24.3 Å². The summed E-state index contributed by atoms with van der Waals surface area (Å²) < 4.78 is 56.6. The van der Waals surface area contributed by atoms with Crippen LogP contribution in [0.25, 0.3) is 11.3 Å². The number of halogens is 5. The lowest BCUT2D eigenvalue weighted by molar-refractivity contribution is -0.0563. The van der Waals surface area contributed by atoms with E-state index >= 15 is 0 Å². The third kappa shape index (κ3) is 4.24. The van der Waals surface area contributed by atoms with Gasteiger partial charge in [0.15, 0.2) is 0 Å². The van der Waals surface area contributed by atoms with Crippen molar-refractivity contribution in [2.45, 2.75) is 23.5 Å². The zero-order chi connectivity index (χ0) is 17.9. The summed E-state index contributed by atoms with van der Waals surface area (Å²) in [6.07, 6.45) is -3.85. The molecule has 0 aliphatic carbocycles. The van der Waals surface area contributed by atoms with Crippen molar-refractivity contribution >= 4 is 29.3 Å². The van der Waals surface area contributed by atoms with Crippen LogP contribution in [0.4, 0.5) is 17.6 Å². The lowest BCUT2D eigenvalue weighted by Crippen LogP contribution is -2.21. The molecule has 2 rings (SSSR count). The van der Waals surface area contributed by atoms with Gasteiger partial charge in [0.1, 0.15) is 5.69 Å². The van der Waals surface area contributed by atoms with Gasteiger partial charge in [0, 0.05) is 9.92 Å². The second kappa shape index (κ2) is 7.48. The zero-order valence-electron chi connectivity index (χ0n) is 12.3. The highest BCUT2D eigenvalue weighted by molar-refractivity contribution is 8.00. The number of hydrogen-bond acceptors (Lipinski definition) is 3. The van der Waals surface area contributed by atoms with E-state index in [0.717, 1.165) is 6.07 Å². The standard InChI is InChI=1S/C15H12ClF4NO2S/c1-2-23-13(22)10-7-11(24-15(19,20)14(17)18)12(21-10)8-3-5-9(16)6-4-8/h3-7,14,21H,2H2,1H3. The molecule has 0 bridgehead atoms. The van der Waals surface area contributed by atoms with Crippen molar-refractivity contribution in [2.24, 2.45) is 0 Å². The fraction of sp³-hybridized carbons (Fsp3) is 0.267. The maximum absolute atomic E-state index is 13.4. The molecule has 0 atom stereocenters. The normalized spacial score (nSPS) is 11.8. The number of esters is 1. The Kier molecular flexibility index (Phi) is 5.82. The molecule has 0 aliphatic rings. The Bertz CT molecular complexity index is 719. The summed E-state index contributed by atoms with van der Waals surface area (Å²) >= 11 is 5.46. The largest absolute Gasteiger partial charge is 0.461 e. The Labute approximate surface area is 144 Å². The van der Waals surface area contributed by atoms with Crippen molar-refractivity contribution in [2.75, 3.05) is 6.61 Å². The maximum Gasteiger partial charge on any atom is 0.357 e. The van der Waals surface area contributed by atoms with Crippen LogP contribution in [-0.2, 0) is 4.74 Å². The molecule has 1 aromatic heterocycles. The smallest absolute Gasteiger partial charge is 0.357 e. The quantitative estimate of drug-likeness (QED) is 0.410. The molecule has 1 heterocycles. The van der Waals surface area contributed by atoms with Gasteiger partial charge in [-0.15, -0.1) is 0 Å². The molecule has 0 radical (unpaired) electrons. The van der Waals surface area contributed by atoms with Crippen molar-refractivity contribution in [3.8, 4) is 11.3 Å². The van der Waals surface area contributed by atoms with Crippen molar-refractivity contribution in [3.05, 3.63) is 41.0 Å². The van der Waals surface area contributed by atoms with Crippen LogP contribution in [0.2, 0.25) is 5.02 Å². The number of nitrogens with one attached hydrogen (secondary N) is 1. The molecule has 9 heteroatoms. The highest BCUT2D eigenvalue weighted by Gasteiger charge is 2.43. The zero-order valence-corrected chi connectivity index (χ0v) is 13.9. The van der Waals surface area contributed by atoms with Gasteiger partial charge < -0.3 is 9.72 Å². The molecule has 24 heavy (non-hydrogen) atoms. The van der Waals surface area contributed by atoms with Gasteiger partial charge in [0.2, 0.25) is 0 Å². The van der Waals surface area contributed by atoms with E-state index in [-0.39, 0.29) is 34.7 Å². The summed E-state index contributed by atoms with van der Waals surface area (Å²) in [6, 6.07) is 7.15. The molecule has 0 amide bonds. The first kappa shape index (κ1) is 18.7. The van der Waals surface area contributed by atoms with Crippen LogP contribution in [0.15, 0.2) is 35.2 Å². The summed E-state index contributed by atoms with van der Waals surface area (Å²) in [5.74, 6) is -0.764. The Hall–Kier alpha value is -1.67. The van der Waals surface area contributed by atoms with Gasteiger partial charge in [-0.3, -0.25) is 0 Å². The molecule has 0 saturated carbocycles. The summed E-state index contributed by atoms with van der Waals surface area (Å²) in [6.45, 7) is 1.67. The Balaban J connectivity index is 2.46. The predicted molar refractivity (Wildman–Crippen MR) is 84.0 cm³/mol. The molecule has 0 aliphatic heterocycles. The topological polar surface area (TPSA) is 42.1 Å². The minimum absolute atomic E-state index is 0.0871. The third-order valence-electron chi connectivity index (χ3n) is 2.91. The molecule has 1 aromatic carbocycles. The average molecular weight is 382 g/mol. The van der Waals surface area contributed by atoms with E-state index in [9.17, 15) is 22.4 Å². The second-order valence-electron chi connectivity index (χ2n) is 4.61. The minimum atomic E-state index is -4.30. The maximum atomic E-state index is 13.4. The number of aromatic nitrogens is 1. The summed E-state index contributed by atoms with van der Waals surface area (Å²) in [5, 5.41) is -3.88. The van der Waals surface area contributed by atoms with Crippen LogP contribution in [-0.4, -0.2) is 29.2 Å². The number of H-pyrrole nitrogens is 1. The van der Waals surface area contributed by atoms with E-state index < -0.39 is 17.6 Å². The number of carbonyl (C=O) groups is 1. The fourth-order valence-electron chi connectivity index (χ4n) is 1.86. The molecule has 2 aromatic rings. The van der Waals surface area contributed by atoms with Gasteiger partial charge in [-0.25, -0.2) is 13.6 Å². The molecule has 0 spiro atoms. The van der Waals surface area contributed by atoms with Crippen molar-refractivity contribution in [1.29, 1.82) is 0 Å². The molecular formula is C15H12ClF4NO2S. The van der Waals surface area contributed by atoms with E-state index in [1.54, 1.807) is 6.92 Å². The first-order chi connectivity index (χ1) is 11.2. The van der Waals surface area contributed by atoms with Crippen LogP contribution < -0.4 is 0 Å². The first-order valence-electron chi connectivity index (χ1n) is 6.75. The number of alkyl halides is 4. The van der Waals surface area contributed by atoms with E-state index in [4.69, 9.17) is 16.3 Å². The highest BCUT2D eigenvalue weighted by atomic mass is 35.5. The predicted octanol–water partition coefficient (Wildman–Crippen LogP) is 5.46. The average Bonchev–Trinajstić information content (AvgIpc) is 2.91. The van der Waals surface area contributed by atoms with Crippen LogP contribution in [0.3, 0.4) is 0 Å². The summed E-state index contributed by atoms with van der Waals surface area (Å²) in [5.41, 5.74) is 0.428. The Morgan fingerprint density at radius 1 is 1.33 bits per heavy atom. The number of aromatic amines is 1. The van der Waals surface area contributed by atoms with Gasteiger partial charge in [-0.05, 0) is 42.4 Å². The molecule has 130 valence electrons. The third-order valence-corrected chi connectivity index (χ3v) is 4.15. The number of thioether (sulfide) groups is 1. The van der Waals surface area contributed by atoms with E-state index in [2.05, 4.69) is 4.98 Å². The SMILES string of the molecule is CCOC(=O)c1cc(SC(F)(F)C(F)F)c(-c2ccc(Cl)cc2)[nH]1. The molecule has 0 fully saturated rings. The molecule has 0 unspecified atom stereocenters. The van der Waals surface area contributed by atoms with Crippen LogP contribution >= 0.6 is 23.4 Å². The monoisotopic (exact) mass is 381 g/mol. The Morgan fingerprint density at radius 3 is 2.50 bits per heavy atom. The van der Waals surface area contributed by atoms with Crippen molar-refractivity contribution < 1.29 is 27.1 Å². The van der Waals surface area contributed by atoms with E-state index in [0.29, 0.717) is 10.6 Å². The van der Waals surface area contributed by atoms with E-state index in [1.807, 2.05) is 0 Å².